The van der Waals surface area contributed by atoms with E-state index in [1.165, 1.54) is 23.3 Å². The van der Waals surface area contributed by atoms with Crippen molar-refractivity contribution in [2.75, 3.05) is 32.7 Å². The lowest BCUT2D eigenvalue weighted by atomic mass is 10.00. The summed E-state index contributed by atoms with van der Waals surface area (Å²) < 4.78 is 13.4. The van der Waals surface area contributed by atoms with Gasteiger partial charge in [-0.1, -0.05) is 24.3 Å². The van der Waals surface area contributed by atoms with Gasteiger partial charge in [0.15, 0.2) is 5.96 Å². The van der Waals surface area contributed by atoms with E-state index in [-0.39, 0.29) is 29.8 Å². The number of aromatic nitrogens is 1. The quantitative estimate of drug-likeness (QED) is 0.192. The van der Waals surface area contributed by atoms with Crippen molar-refractivity contribution in [3.8, 4) is 0 Å². The topological polar surface area (TPSA) is 75.7 Å². The standard InChI is InChI=1S/C25H32FN5O.HI/c1-2-27-25(28-11-9-19-14-29-24-13-21(26)7-8-23(19)24)30-15-22(32)17-31-12-10-18-5-3-4-6-20(18)16-31;/h3-8,13-14,22,29,32H,2,9-12,15-17H2,1H3,(H2,27,28,30);1H. The van der Waals surface area contributed by atoms with Crippen LogP contribution >= 0.6 is 24.0 Å². The summed E-state index contributed by atoms with van der Waals surface area (Å²) in [6.07, 6.45) is 3.22. The Hall–Kier alpha value is -2.17. The predicted molar refractivity (Wildman–Crippen MR) is 143 cm³/mol. The summed E-state index contributed by atoms with van der Waals surface area (Å²) in [6.45, 7) is 6.26. The first-order valence-corrected chi connectivity index (χ1v) is 11.4. The van der Waals surface area contributed by atoms with Crippen molar-refractivity contribution in [1.82, 2.24) is 20.5 Å². The molecule has 1 aromatic heterocycles. The highest BCUT2D eigenvalue weighted by molar-refractivity contribution is 14.0. The number of hydrogen-bond donors (Lipinski definition) is 4. The molecule has 0 fully saturated rings. The van der Waals surface area contributed by atoms with E-state index in [0.717, 1.165) is 48.9 Å². The monoisotopic (exact) mass is 565 g/mol. The zero-order valence-corrected chi connectivity index (χ0v) is 21.3. The van der Waals surface area contributed by atoms with E-state index in [0.29, 0.717) is 25.6 Å². The maximum absolute atomic E-state index is 13.4. The maximum atomic E-state index is 13.4. The number of rotatable bonds is 8. The normalized spacial score (nSPS) is 15.1. The summed E-state index contributed by atoms with van der Waals surface area (Å²) >= 11 is 0. The highest BCUT2D eigenvalue weighted by atomic mass is 127. The van der Waals surface area contributed by atoms with Crippen molar-refractivity contribution in [1.29, 1.82) is 0 Å². The molecule has 3 aromatic rings. The molecule has 0 aliphatic carbocycles. The number of aliphatic imine (C=N–C) groups is 1. The molecule has 6 nitrogen and oxygen atoms in total. The van der Waals surface area contributed by atoms with E-state index in [1.807, 2.05) is 19.2 Å². The summed E-state index contributed by atoms with van der Waals surface area (Å²) in [7, 11) is 0. The second kappa shape index (κ2) is 12.3. The minimum Gasteiger partial charge on any atom is -0.390 e. The van der Waals surface area contributed by atoms with Gasteiger partial charge in [0.25, 0.3) is 0 Å². The molecule has 4 rings (SSSR count). The van der Waals surface area contributed by atoms with Gasteiger partial charge in [0.05, 0.1) is 12.6 Å². The highest BCUT2D eigenvalue weighted by Gasteiger charge is 2.18. The molecule has 178 valence electrons. The van der Waals surface area contributed by atoms with Gasteiger partial charge in [0.1, 0.15) is 5.82 Å². The molecule has 0 saturated heterocycles. The van der Waals surface area contributed by atoms with Gasteiger partial charge in [0, 0.05) is 49.8 Å². The van der Waals surface area contributed by atoms with Crippen molar-refractivity contribution in [2.24, 2.45) is 4.99 Å². The molecule has 0 radical (unpaired) electrons. The van der Waals surface area contributed by atoms with Crippen molar-refractivity contribution in [2.45, 2.75) is 32.4 Å². The molecular formula is C25H33FIN5O. The van der Waals surface area contributed by atoms with Crippen LogP contribution in [0.15, 0.2) is 53.7 Å². The second-order valence-corrected chi connectivity index (χ2v) is 8.31. The number of aromatic amines is 1. The van der Waals surface area contributed by atoms with E-state index in [9.17, 15) is 9.50 Å². The van der Waals surface area contributed by atoms with Gasteiger partial charge >= 0.3 is 0 Å². The number of benzene rings is 2. The number of halogens is 2. The number of β-amino-alcohol motifs (C(OH)–C–C–N with tert-alkyl or cyclic N) is 1. The van der Waals surface area contributed by atoms with E-state index in [2.05, 4.69) is 49.8 Å². The van der Waals surface area contributed by atoms with Crippen LogP contribution in [0.25, 0.3) is 10.9 Å². The Kier molecular flexibility index (Phi) is 9.52. The lowest BCUT2D eigenvalue weighted by molar-refractivity contribution is 0.111. The maximum Gasteiger partial charge on any atom is 0.191 e. The van der Waals surface area contributed by atoms with Gasteiger partial charge in [-0.05, 0) is 54.7 Å². The van der Waals surface area contributed by atoms with Gasteiger partial charge in [-0.2, -0.15) is 0 Å². The van der Waals surface area contributed by atoms with Crippen LogP contribution in [0.5, 0.6) is 0 Å². The molecule has 1 aliphatic heterocycles. The average Bonchev–Trinajstić information content (AvgIpc) is 3.19. The fourth-order valence-electron chi connectivity index (χ4n) is 4.29. The second-order valence-electron chi connectivity index (χ2n) is 8.31. The number of guanidine groups is 1. The lowest BCUT2D eigenvalue weighted by Crippen LogP contribution is -2.40. The van der Waals surface area contributed by atoms with E-state index < -0.39 is 6.10 Å². The third-order valence-electron chi connectivity index (χ3n) is 5.90. The lowest BCUT2D eigenvalue weighted by Gasteiger charge is -2.30. The van der Waals surface area contributed by atoms with Crippen LogP contribution in [0.2, 0.25) is 0 Å². The SMILES string of the molecule is CCNC(=NCC(O)CN1CCc2ccccc2C1)NCCc1c[nH]c2cc(F)ccc12.I. The van der Waals surface area contributed by atoms with Crippen molar-refractivity contribution >= 4 is 40.8 Å². The van der Waals surface area contributed by atoms with E-state index in [4.69, 9.17) is 0 Å². The van der Waals surface area contributed by atoms with E-state index in [1.54, 1.807) is 0 Å². The van der Waals surface area contributed by atoms with Crippen LogP contribution in [0.4, 0.5) is 4.39 Å². The van der Waals surface area contributed by atoms with Crippen LogP contribution in [0, 0.1) is 5.82 Å². The van der Waals surface area contributed by atoms with Crippen LogP contribution < -0.4 is 10.6 Å². The summed E-state index contributed by atoms with van der Waals surface area (Å²) in [5, 5.41) is 18.1. The number of hydrogen-bond acceptors (Lipinski definition) is 3. The van der Waals surface area contributed by atoms with Gasteiger partial charge in [-0.15, -0.1) is 24.0 Å². The molecule has 0 saturated carbocycles. The Morgan fingerprint density at radius 3 is 2.85 bits per heavy atom. The molecule has 1 atom stereocenters. The zero-order valence-electron chi connectivity index (χ0n) is 19.0. The molecule has 0 bridgehead atoms. The molecule has 2 heterocycles. The average molecular weight is 565 g/mol. The Balaban J connectivity index is 0.00000306. The first kappa shape index (κ1) is 25.5. The van der Waals surface area contributed by atoms with Crippen LogP contribution in [-0.2, 0) is 19.4 Å². The molecular weight excluding hydrogens is 532 g/mol. The number of nitrogens with zero attached hydrogens (tertiary/aromatic N) is 2. The minimum atomic E-state index is -0.515. The number of aliphatic hydroxyl groups excluding tert-OH is 1. The molecule has 0 amide bonds. The molecule has 1 unspecified atom stereocenters. The Morgan fingerprint density at radius 1 is 1.21 bits per heavy atom. The summed E-state index contributed by atoms with van der Waals surface area (Å²) in [5.74, 6) is 0.458. The number of nitrogens with one attached hydrogen (secondary N) is 3. The summed E-state index contributed by atoms with van der Waals surface area (Å²) in [5.41, 5.74) is 4.71. The van der Waals surface area contributed by atoms with Crippen LogP contribution in [0.1, 0.15) is 23.6 Å². The summed E-state index contributed by atoms with van der Waals surface area (Å²) in [4.78, 5) is 10.00. The largest absolute Gasteiger partial charge is 0.390 e. The predicted octanol–water partition coefficient (Wildman–Crippen LogP) is 3.44. The third kappa shape index (κ3) is 6.91. The fraction of sp³-hybridized carbons (Fsp3) is 0.400. The van der Waals surface area contributed by atoms with Gasteiger partial charge in [-0.3, -0.25) is 9.89 Å². The van der Waals surface area contributed by atoms with Gasteiger partial charge < -0.3 is 20.7 Å². The first-order chi connectivity index (χ1) is 15.6. The molecule has 2 aromatic carbocycles. The highest BCUT2D eigenvalue weighted by Crippen LogP contribution is 2.20. The number of fused-ring (bicyclic) bond motifs is 2. The molecule has 33 heavy (non-hydrogen) atoms. The Bertz CT molecular complexity index is 1070. The van der Waals surface area contributed by atoms with Crippen molar-refractivity contribution in [3.05, 3.63) is 71.2 Å². The Labute approximate surface area is 211 Å². The van der Waals surface area contributed by atoms with Crippen LogP contribution in [-0.4, -0.2) is 59.8 Å². The fourth-order valence-corrected chi connectivity index (χ4v) is 4.29. The van der Waals surface area contributed by atoms with E-state index >= 15 is 0 Å². The minimum absolute atomic E-state index is 0. The molecule has 8 heteroatoms. The van der Waals surface area contributed by atoms with Gasteiger partial charge in [-0.25, -0.2) is 4.39 Å². The Morgan fingerprint density at radius 2 is 2.03 bits per heavy atom. The zero-order chi connectivity index (χ0) is 22.3. The molecule has 0 spiro atoms. The molecule has 4 N–H and O–H groups in total. The molecule has 1 aliphatic rings. The van der Waals surface area contributed by atoms with Crippen molar-refractivity contribution < 1.29 is 9.50 Å². The number of H-pyrrole nitrogens is 1. The number of aliphatic hydroxyl groups is 1. The van der Waals surface area contributed by atoms with Crippen LogP contribution in [0.3, 0.4) is 0 Å². The smallest absolute Gasteiger partial charge is 0.191 e. The third-order valence-corrected chi connectivity index (χ3v) is 5.90. The van der Waals surface area contributed by atoms with Crippen molar-refractivity contribution in [3.63, 3.8) is 0 Å². The van der Waals surface area contributed by atoms with Gasteiger partial charge in [0.2, 0.25) is 0 Å². The summed E-state index contributed by atoms with van der Waals surface area (Å²) in [6, 6.07) is 13.3. The first-order valence-electron chi connectivity index (χ1n) is 11.4.